The van der Waals surface area contributed by atoms with Gasteiger partial charge in [-0.25, -0.2) is 4.99 Å². The maximum absolute atomic E-state index is 12.2. The molecule has 0 aliphatic carbocycles. The van der Waals surface area contributed by atoms with Gasteiger partial charge in [-0.1, -0.05) is 0 Å². The van der Waals surface area contributed by atoms with Gasteiger partial charge >= 0.3 is 0 Å². The Hall–Kier alpha value is -1.29. The van der Waals surface area contributed by atoms with E-state index in [1.165, 1.54) is 6.42 Å². The Morgan fingerprint density at radius 3 is 2.78 bits per heavy atom. The van der Waals surface area contributed by atoms with Crippen molar-refractivity contribution in [2.45, 2.75) is 44.6 Å². The van der Waals surface area contributed by atoms with Crippen molar-refractivity contribution < 1.29 is 13.9 Å². The van der Waals surface area contributed by atoms with E-state index >= 15 is 0 Å². The van der Waals surface area contributed by atoms with Crippen LogP contribution in [0.15, 0.2) is 27.8 Å². The van der Waals surface area contributed by atoms with Crippen LogP contribution in [0.1, 0.15) is 37.9 Å². The molecule has 1 aromatic rings. The number of ether oxygens (including phenoxy) is 1. The highest BCUT2D eigenvalue weighted by Crippen LogP contribution is 2.11. The Balaban J connectivity index is 0.00000261. The summed E-state index contributed by atoms with van der Waals surface area (Å²) >= 11 is 0. The normalized spacial score (nSPS) is 20.2. The molecular formula is C19H31IN4O3. The zero-order valence-electron chi connectivity index (χ0n) is 15.8. The third kappa shape index (κ3) is 7.69. The predicted molar refractivity (Wildman–Crippen MR) is 116 cm³/mol. The van der Waals surface area contributed by atoms with Gasteiger partial charge in [0, 0.05) is 39.2 Å². The summed E-state index contributed by atoms with van der Waals surface area (Å²) in [5, 5.41) is 6.62. The van der Waals surface area contributed by atoms with Crippen LogP contribution in [0.3, 0.4) is 0 Å². The zero-order valence-corrected chi connectivity index (χ0v) is 18.2. The monoisotopic (exact) mass is 490 g/mol. The van der Waals surface area contributed by atoms with Gasteiger partial charge in [0.05, 0.1) is 12.4 Å². The lowest BCUT2D eigenvalue weighted by molar-refractivity contribution is -0.128. The molecule has 1 aromatic heterocycles. The summed E-state index contributed by atoms with van der Waals surface area (Å²) in [6, 6.07) is 3.84. The van der Waals surface area contributed by atoms with E-state index in [9.17, 15) is 4.79 Å². The van der Waals surface area contributed by atoms with E-state index in [0.717, 1.165) is 57.6 Å². The molecule has 152 valence electrons. The van der Waals surface area contributed by atoms with Crippen molar-refractivity contribution in [3.63, 3.8) is 0 Å². The molecule has 3 rings (SSSR count). The SMILES string of the molecule is I.O=C(CN=C(NCCc1ccco1)NCC1CCCCO1)N1CCCC1. The highest BCUT2D eigenvalue weighted by atomic mass is 127. The Labute approximate surface area is 178 Å². The first-order chi connectivity index (χ1) is 12.8. The number of halogens is 1. The molecule has 2 saturated heterocycles. The van der Waals surface area contributed by atoms with Crippen molar-refractivity contribution in [3.05, 3.63) is 24.2 Å². The molecule has 3 heterocycles. The van der Waals surface area contributed by atoms with Crippen molar-refractivity contribution in [1.82, 2.24) is 15.5 Å². The van der Waals surface area contributed by atoms with E-state index in [2.05, 4.69) is 15.6 Å². The largest absolute Gasteiger partial charge is 0.469 e. The van der Waals surface area contributed by atoms with Crippen molar-refractivity contribution in [2.75, 3.05) is 39.3 Å². The molecule has 0 radical (unpaired) electrons. The van der Waals surface area contributed by atoms with E-state index in [1.54, 1.807) is 6.26 Å². The molecule has 2 fully saturated rings. The van der Waals surface area contributed by atoms with E-state index in [1.807, 2.05) is 17.0 Å². The molecule has 8 heteroatoms. The third-order valence-corrected chi connectivity index (χ3v) is 4.85. The smallest absolute Gasteiger partial charge is 0.244 e. The average molecular weight is 490 g/mol. The van der Waals surface area contributed by atoms with E-state index in [-0.39, 0.29) is 42.5 Å². The van der Waals surface area contributed by atoms with Crippen LogP contribution in [0, 0.1) is 0 Å². The molecular weight excluding hydrogens is 459 g/mol. The maximum Gasteiger partial charge on any atom is 0.244 e. The van der Waals surface area contributed by atoms with E-state index in [0.29, 0.717) is 19.0 Å². The van der Waals surface area contributed by atoms with Crippen molar-refractivity contribution in [3.8, 4) is 0 Å². The maximum atomic E-state index is 12.2. The fourth-order valence-corrected chi connectivity index (χ4v) is 3.33. The number of hydrogen-bond acceptors (Lipinski definition) is 4. The van der Waals surface area contributed by atoms with Gasteiger partial charge in [-0.15, -0.1) is 24.0 Å². The number of likely N-dealkylation sites (tertiary alicyclic amines) is 1. The fourth-order valence-electron chi connectivity index (χ4n) is 3.33. The van der Waals surface area contributed by atoms with Gasteiger partial charge in [0.1, 0.15) is 12.3 Å². The van der Waals surface area contributed by atoms with Crippen LogP contribution in [0.5, 0.6) is 0 Å². The van der Waals surface area contributed by atoms with Crippen molar-refractivity contribution >= 4 is 35.8 Å². The average Bonchev–Trinajstić information content (AvgIpc) is 3.38. The van der Waals surface area contributed by atoms with Gasteiger partial charge in [0.25, 0.3) is 0 Å². The molecule has 2 N–H and O–H groups in total. The van der Waals surface area contributed by atoms with Crippen LogP contribution in [0.25, 0.3) is 0 Å². The summed E-state index contributed by atoms with van der Waals surface area (Å²) in [5.41, 5.74) is 0. The summed E-state index contributed by atoms with van der Waals surface area (Å²) in [7, 11) is 0. The third-order valence-electron chi connectivity index (χ3n) is 4.85. The van der Waals surface area contributed by atoms with Crippen LogP contribution in [0.4, 0.5) is 0 Å². The van der Waals surface area contributed by atoms with Crippen molar-refractivity contribution in [2.24, 2.45) is 4.99 Å². The number of carbonyl (C=O) groups is 1. The Morgan fingerprint density at radius 1 is 1.22 bits per heavy atom. The Bertz CT molecular complexity index is 568. The number of nitrogens with zero attached hydrogens (tertiary/aromatic N) is 2. The number of furan rings is 1. The molecule has 0 saturated carbocycles. The topological polar surface area (TPSA) is 79.1 Å². The first-order valence-electron chi connectivity index (χ1n) is 9.75. The summed E-state index contributed by atoms with van der Waals surface area (Å²) in [4.78, 5) is 18.6. The summed E-state index contributed by atoms with van der Waals surface area (Å²) < 4.78 is 11.1. The second-order valence-electron chi connectivity index (χ2n) is 6.88. The number of amides is 1. The highest BCUT2D eigenvalue weighted by Gasteiger charge is 2.18. The number of hydrogen-bond donors (Lipinski definition) is 2. The lowest BCUT2D eigenvalue weighted by Gasteiger charge is -2.24. The Morgan fingerprint density at radius 2 is 2.07 bits per heavy atom. The standard InChI is InChI=1S/C19H30N4O3.HI/c24-18(23-10-2-3-11-23)15-22-19(20-9-8-16-7-5-13-25-16)21-14-17-6-1-4-12-26-17;/h5,7,13,17H,1-4,6,8-12,14-15H2,(H2,20,21,22);1H. The zero-order chi connectivity index (χ0) is 18.0. The van der Waals surface area contributed by atoms with Crippen LogP contribution in [-0.4, -0.2) is 62.2 Å². The lowest BCUT2D eigenvalue weighted by Crippen LogP contribution is -2.44. The number of nitrogens with one attached hydrogen (secondary N) is 2. The second-order valence-corrected chi connectivity index (χ2v) is 6.88. The van der Waals surface area contributed by atoms with E-state index in [4.69, 9.17) is 9.15 Å². The lowest BCUT2D eigenvalue weighted by atomic mass is 10.1. The predicted octanol–water partition coefficient (Wildman–Crippen LogP) is 2.17. The summed E-state index contributed by atoms with van der Waals surface area (Å²) in [6.45, 7) is 4.14. The molecule has 1 unspecified atom stereocenters. The molecule has 0 aromatic carbocycles. The summed E-state index contributed by atoms with van der Waals surface area (Å²) in [5.74, 6) is 1.70. The van der Waals surface area contributed by atoms with Gasteiger partial charge < -0.3 is 24.7 Å². The molecule has 2 aliphatic heterocycles. The Kier molecular flexibility index (Phi) is 9.96. The minimum Gasteiger partial charge on any atom is -0.469 e. The molecule has 0 bridgehead atoms. The molecule has 1 atom stereocenters. The number of rotatable bonds is 7. The van der Waals surface area contributed by atoms with Crippen LogP contribution in [0.2, 0.25) is 0 Å². The fraction of sp³-hybridized carbons (Fsp3) is 0.684. The van der Waals surface area contributed by atoms with Crippen LogP contribution < -0.4 is 10.6 Å². The highest BCUT2D eigenvalue weighted by molar-refractivity contribution is 14.0. The van der Waals surface area contributed by atoms with Gasteiger partial charge in [-0.05, 0) is 44.2 Å². The molecule has 7 nitrogen and oxygen atoms in total. The van der Waals surface area contributed by atoms with Crippen molar-refractivity contribution in [1.29, 1.82) is 0 Å². The second kappa shape index (κ2) is 12.2. The molecule has 1 amide bonds. The molecule has 2 aliphatic rings. The molecule has 27 heavy (non-hydrogen) atoms. The van der Waals surface area contributed by atoms with Crippen LogP contribution >= 0.6 is 24.0 Å². The van der Waals surface area contributed by atoms with Gasteiger partial charge in [0.15, 0.2) is 5.96 Å². The molecule has 0 spiro atoms. The van der Waals surface area contributed by atoms with Gasteiger partial charge in [-0.3, -0.25) is 4.79 Å². The summed E-state index contributed by atoms with van der Waals surface area (Å²) in [6.07, 6.45) is 8.28. The minimum absolute atomic E-state index is 0. The number of carbonyl (C=O) groups excluding carboxylic acids is 1. The first-order valence-corrected chi connectivity index (χ1v) is 9.75. The number of aliphatic imine (C=N–C) groups is 1. The minimum atomic E-state index is 0. The van der Waals surface area contributed by atoms with Crippen LogP contribution in [-0.2, 0) is 16.0 Å². The van der Waals surface area contributed by atoms with Gasteiger partial charge in [-0.2, -0.15) is 0 Å². The van der Waals surface area contributed by atoms with E-state index < -0.39 is 0 Å². The first kappa shape index (κ1) is 22.0. The number of guanidine groups is 1. The quantitative estimate of drug-likeness (QED) is 0.348. The van der Waals surface area contributed by atoms with Gasteiger partial charge in [0.2, 0.25) is 5.91 Å².